The third-order valence-corrected chi connectivity index (χ3v) is 3.86. The maximum Gasteiger partial charge on any atom is 0.0626 e. The van der Waals surface area contributed by atoms with Crippen molar-refractivity contribution in [2.45, 2.75) is 58.5 Å². The highest BCUT2D eigenvalue weighted by Crippen LogP contribution is 2.34. The van der Waals surface area contributed by atoms with Crippen LogP contribution in [0.5, 0.6) is 0 Å². The Hall–Kier alpha value is -0.300. The quantitative estimate of drug-likeness (QED) is 0.625. The first-order chi connectivity index (χ1) is 7.05. The molecular weight excluding hydrogens is 184 g/mol. The summed E-state index contributed by atoms with van der Waals surface area (Å²) in [4.78, 5) is 0. The molecule has 0 aromatic carbocycles. The molecule has 0 saturated carbocycles. The molecule has 0 spiro atoms. The van der Waals surface area contributed by atoms with Crippen molar-refractivity contribution in [2.24, 2.45) is 11.8 Å². The van der Waals surface area contributed by atoms with Gasteiger partial charge < -0.3 is 4.74 Å². The molecule has 2 unspecified atom stereocenters. The molecule has 0 amide bonds. The van der Waals surface area contributed by atoms with Crippen LogP contribution in [0.25, 0.3) is 0 Å². The minimum atomic E-state index is 0.133. The van der Waals surface area contributed by atoms with Gasteiger partial charge in [-0.25, -0.2) is 0 Å². The fourth-order valence-corrected chi connectivity index (χ4v) is 2.73. The van der Waals surface area contributed by atoms with Crippen molar-refractivity contribution in [2.75, 3.05) is 6.61 Å². The van der Waals surface area contributed by atoms with Crippen molar-refractivity contribution in [1.29, 1.82) is 0 Å². The molecule has 0 aromatic rings. The highest BCUT2D eigenvalue weighted by molar-refractivity contribution is 5.11. The normalized spacial score (nSPS) is 35.3. The van der Waals surface area contributed by atoms with Gasteiger partial charge in [0.25, 0.3) is 0 Å². The summed E-state index contributed by atoms with van der Waals surface area (Å²) in [7, 11) is 0. The first kappa shape index (κ1) is 11.2. The SMILES string of the molecule is CC1C=C(CC2CCC(C)(C)OC2)CC1. The minimum absolute atomic E-state index is 0.133. The van der Waals surface area contributed by atoms with Crippen LogP contribution < -0.4 is 0 Å². The summed E-state index contributed by atoms with van der Waals surface area (Å²) in [5.74, 6) is 1.61. The van der Waals surface area contributed by atoms with Crippen LogP contribution >= 0.6 is 0 Å². The van der Waals surface area contributed by atoms with E-state index in [0.29, 0.717) is 0 Å². The summed E-state index contributed by atoms with van der Waals surface area (Å²) in [5, 5.41) is 0. The zero-order valence-electron chi connectivity index (χ0n) is 10.4. The van der Waals surface area contributed by atoms with E-state index in [-0.39, 0.29) is 5.60 Å². The highest BCUT2D eigenvalue weighted by atomic mass is 16.5. The molecular formula is C14H24O. The van der Waals surface area contributed by atoms with Gasteiger partial charge in [0, 0.05) is 0 Å². The lowest BCUT2D eigenvalue weighted by Gasteiger charge is -2.35. The smallest absolute Gasteiger partial charge is 0.0626 e. The Morgan fingerprint density at radius 1 is 1.40 bits per heavy atom. The van der Waals surface area contributed by atoms with E-state index in [1.807, 2.05) is 0 Å². The van der Waals surface area contributed by atoms with Crippen LogP contribution in [-0.4, -0.2) is 12.2 Å². The van der Waals surface area contributed by atoms with Crippen molar-refractivity contribution in [3.8, 4) is 0 Å². The van der Waals surface area contributed by atoms with Crippen LogP contribution in [0.15, 0.2) is 11.6 Å². The van der Waals surface area contributed by atoms with Gasteiger partial charge in [0.05, 0.1) is 12.2 Å². The summed E-state index contributed by atoms with van der Waals surface area (Å²) >= 11 is 0. The molecule has 1 heteroatoms. The highest BCUT2D eigenvalue weighted by Gasteiger charge is 2.28. The molecule has 0 bridgehead atoms. The Morgan fingerprint density at radius 3 is 2.73 bits per heavy atom. The summed E-state index contributed by atoms with van der Waals surface area (Å²) < 4.78 is 5.89. The lowest BCUT2D eigenvalue weighted by molar-refractivity contribution is -0.0762. The van der Waals surface area contributed by atoms with Gasteiger partial charge in [-0.15, -0.1) is 0 Å². The standard InChI is InChI=1S/C14H24O/c1-11-4-5-12(8-11)9-13-6-7-14(2,3)15-10-13/h8,11,13H,4-7,9-10H2,1-3H3. The molecule has 0 N–H and O–H groups in total. The topological polar surface area (TPSA) is 9.23 Å². The van der Waals surface area contributed by atoms with Crippen molar-refractivity contribution < 1.29 is 4.74 Å². The van der Waals surface area contributed by atoms with E-state index in [4.69, 9.17) is 4.74 Å². The van der Waals surface area contributed by atoms with Crippen molar-refractivity contribution in [3.05, 3.63) is 11.6 Å². The lowest BCUT2D eigenvalue weighted by Crippen LogP contribution is -2.33. The maximum absolute atomic E-state index is 5.89. The number of hydrogen-bond acceptors (Lipinski definition) is 1. The largest absolute Gasteiger partial charge is 0.375 e. The molecule has 1 fully saturated rings. The third-order valence-electron chi connectivity index (χ3n) is 3.86. The van der Waals surface area contributed by atoms with Gasteiger partial charge in [0.2, 0.25) is 0 Å². The van der Waals surface area contributed by atoms with Crippen molar-refractivity contribution >= 4 is 0 Å². The van der Waals surface area contributed by atoms with Gasteiger partial charge in [-0.05, 0) is 57.8 Å². The van der Waals surface area contributed by atoms with Gasteiger partial charge in [-0.1, -0.05) is 18.6 Å². The molecule has 1 saturated heterocycles. The molecule has 0 aromatic heterocycles. The molecule has 0 radical (unpaired) electrons. The van der Waals surface area contributed by atoms with Crippen LogP contribution in [0.4, 0.5) is 0 Å². The summed E-state index contributed by atoms with van der Waals surface area (Å²) in [5.41, 5.74) is 1.82. The number of ether oxygens (including phenoxy) is 1. The van der Waals surface area contributed by atoms with Crippen LogP contribution in [0.1, 0.15) is 52.9 Å². The molecule has 2 rings (SSSR count). The maximum atomic E-state index is 5.89. The predicted octanol–water partition coefficient (Wildman–Crippen LogP) is 3.94. The second-order valence-corrected chi connectivity index (χ2v) is 6.02. The number of allylic oxidation sites excluding steroid dienone is 2. The summed E-state index contributed by atoms with van der Waals surface area (Å²) in [6.07, 6.45) is 9.05. The minimum Gasteiger partial charge on any atom is -0.375 e. The Kier molecular flexibility index (Phi) is 3.20. The molecule has 1 aliphatic heterocycles. The molecule has 2 aliphatic rings. The molecule has 1 aliphatic carbocycles. The van der Waals surface area contributed by atoms with Crippen molar-refractivity contribution in [1.82, 2.24) is 0 Å². The molecule has 2 atom stereocenters. The van der Waals surface area contributed by atoms with Crippen LogP contribution in [-0.2, 0) is 4.74 Å². The van der Waals surface area contributed by atoms with Crippen LogP contribution in [0.2, 0.25) is 0 Å². The van der Waals surface area contributed by atoms with E-state index in [2.05, 4.69) is 26.8 Å². The Labute approximate surface area is 93.9 Å². The van der Waals surface area contributed by atoms with Crippen molar-refractivity contribution in [3.63, 3.8) is 0 Å². The number of hydrogen-bond donors (Lipinski definition) is 0. The first-order valence-electron chi connectivity index (χ1n) is 6.39. The third kappa shape index (κ3) is 3.07. The van der Waals surface area contributed by atoms with Gasteiger partial charge in [-0.2, -0.15) is 0 Å². The Morgan fingerprint density at radius 2 is 2.20 bits per heavy atom. The van der Waals surface area contributed by atoms with E-state index in [9.17, 15) is 0 Å². The average Bonchev–Trinajstić information content (AvgIpc) is 2.55. The average molecular weight is 208 g/mol. The second kappa shape index (κ2) is 4.29. The second-order valence-electron chi connectivity index (χ2n) is 6.02. The van der Waals surface area contributed by atoms with E-state index < -0.39 is 0 Å². The van der Waals surface area contributed by atoms with E-state index in [1.165, 1.54) is 32.1 Å². The van der Waals surface area contributed by atoms with Gasteiger partial charge in [-0.3, -0.25) is 0 Å². The molecule has 1 heterocycles. The fourth-order valence-electron chi connectivity index (χ4n) is 2.73. The monoisotopic (exact) mass is 208 g/mol. The zero-order chi connectivity index (χ0) is 10.9. The van der Waals surface area contributed by atoms with E-state index >= 15 is 0 Å². The van der Waals surface area contributed by atoms with E-state index in [1.54, 1.807) is 5.57 Å². The molecule has 15 heavy (non-hydrogen) atoms. The molecule has 1 nitrogen and oxygen atoms in total. The first-order valence-corrected chi connectivity index (χ1v) is 6.39. The summed E-state index contributed by atoms with van der Waals surface area (Å²) in [6.45, 7) is 7.71. The zero-order valence-corrected chi connectivity index (χ0v) is 10.4. The van der Waals surface area contributed by atoms with Crippen LogP contribution in [0.3, 0.4) is 0 Å². The fraction of sp³-hybridized carbons (Fsp3) is 0.857. The Bertz CT molecular complexity index is 242. The van der Waals surface area contributed by atoms with Gasteiger partial charge in [0.15, 0.2) is 0 Å². The summed E-state index contributed by atoms with van der Waals surface area (Å²) in [6, 6.07) is 0. The number of rotatable bonds is 2. The van der Waals surface area contributed by atoms with E-state index in [0.717, 1.165) is 18.4 Å². The predicted molar refractivity (Wildman–Crippen MR) is 63.9 cm³/mol. The molecule has 86 valence electrons. The van der Waals surface area contributed by atoms with Gasteiger partial charge >= 0.3 is 0 Å². The van der Waals surface area contributed by atoms with Crippen LogP contribution in [0, 0.1) is 11.8 Å². The Balaban J connectivity index is 1.80. The lowest BCUT2D eigenvalue weighted by atomic mass is 9.87. The van der Waals surface area contributed by atoms with Gasteiger partial charge in [0.1, 0.15) is 0 Å².